The molecule has 8 heteroatoms. The lowest BCUT2D eigenvalue weighted by atomic mass is 9.90. The van der Waals surface area contributed by atoms with E-state index in [2.05, 4.69) is 32.9 Å². The van der Waals surface area contributed by atoms with Crippen LogP contribution in [-0.4, -0.2) is 60.6 Å². The third kappa shape index (κ3) is 3.01. The molecule has 2 fully saturated rings. The number of piperazine rings is 1. The summed E-state index contributed by atoms with van der Waals surface area (Å²) in [5.41, 5.74) is 4.79. The Balaban J connectivity index is 1.36. The zero-order chi connectivity index (χ0) is 21.9. The average Bonchev–Trinajstić information content (AvgIpc) is 3.40. The SMILES string of the molecule is CC[C@]12CCCN1CCN(c1ccc3nc(-c4ccc5nc(C)cn5n4)cc(=O)n3c1)C2. The van der Waals surface area contributed by atoms with Gasteiger partial charge in [-0.05, 0) is 57.0 Å². The zero-order valence-electron chi connectivity index (χ0n) is 18.5. The first kappa shape index (κ1) is 19.4. The second-order valence-electron chi connectivity index (χ2n) is 9.09. The van der Waals surface area contributed by atoms with E-state index < -0.39 is 0 Å². The topological polar surface area (TPSA) is 71.0 Å². The molecule has 0 unspecified atom stereocenters. The first-order valence-electron chi connectivity index (χ1n) is 11.4. The highest BCUT2D eigenvalue weighted by atomic mass is 16.1. The number of hydrogen-bond acceptors (Lipinski definition) is 6. The Hall–Kier alpha value is -3.26. The molecule has 4 aromatic heterocycles. The first-order chi connectivity index (χ1) is 15.5. The van der Waals surface area contributed by atoms with E-state index in [4.69, 9.17) is 4.98 Å². The number of aromatic nitrogens is 5. The van der Waals surface area contributed by atoms with Crippen LogP contribution in [0.2, 0.25) is 0 Å². The second kappa shape index (κ2) is 7.13. The van der Waals surface area contributed by atoms with Crippen molar-refractivity contribution in [1.82, 2.24) is 28.9 Å². The third-order valence-electron chi connectivity index (χ3n) is 7.24. The van der Waals surface area contributed by atoms with Gasteiger partial charge in [0, 0.05) is 37.4 Å². The third-order valence-corrected chi connectivity index (χ3v) is 7.24. The minimum absolute atomic E-state index is 0.0970. The maximum Gasteiger partial charge on any atom is 0.258 e. The van der Waals surface area contributed by atoms with Crippen LogP contribution in [0.1, 0.15) is 31.9 Å². The lowest BCUT2D eigenvalue weighted by Gasteiger charge is -2.47. The molecular weight excluding hydrogens is 402 g/mol. The van der Waals surface area contributed by atoms with E-state index in [-0.39, 0.29) is 11.1 Å². The highest BCUT2D eigenvalue weighted by Gasteiger charge is 2.43. The van der Waals surface area contributed by atoms with Crippen LogP contribution in [-0.2, 0) is 0 Å². The quantitative estimate of drug-likeness (QED) is 0.499. The van der Waals surface area contributed by atoms with Crippen LogP contribution in [0.15, 0.2) is 47.5 Å². The number of imidazole rings is 1. The summed E-state index contributed by atoms with van der Waals surface area (Å²) in [6, 6.07) is 9.36. The summed E-state index contributed by atoms with van der Waals surface area (Å²) >= 11 is 0. The Morgan fingerprint density at radius 2 is 1.88 bits per heavy atom. The van der Waals surface area contributed by atoms with Gasteiger partial charge in [-0.3, -0.25) is 14.1 Å². The molecule has 0 bridgehead atoms. The Morgan fingerprint density at radius 1 is 1.00 bits per heavy atom. The molecule has 1 atom stereocenters. The maximum absolute atomic E-state index is 13.0. The molecule has 8 nitrogen and oxygen atoms in total. The number of hydrogen-bond donors (Lipinski definition) is 0. The fraction of sp³-hybridized carbons (Fsp3) is 0.417. The van der Waals surface area contributed by atoms with Crippen LogP contribution in [0.5, 0.6) is 0 Å². The smallest absolute Gasteiger partial charge is 0.258 e. The summed E-state index contributed by atoms with van der Waals surface area (Å²) in [6.07, 6.45) is 7.51. The number of aryl methyl sites for hydroxylation is 1. The fourth-order valence-electron chi connectivity index (χ4n) is 5.48. The Bertz CT molecular complexity index is 1390. The summed E-state index contributed by atoms with van der Waals surface area (Å²) in [5, 5.41) is 4.58. The van der Waals surface area contributed by atoms with Crippen molar-refractivity contribution in [1.29, 1.82) is 0 Å². The van der Waals surface area contributed by atoms with Crippen LogP contribution in [0.3, 0.4) is 0 Å². The summed E-state index contributed by atoms with van der Waals surface area (Å²) < 4.78 is 3.38. The van der Waals surface area contributed by atoms with Gasteiger partial charge in [-0.1, -0.05) is 6.92 Å². The number of pyridine rings is 1. The Kier molecular flexibility index (Phi) is 4.33. The minimum Gasteiger partial charge on any atom is -0.367 e. The van der Waals surface area contributed by atoms with Crippen LogP contribution in [0, 0.1) is 6.92 Å². The number of fused-ring (bicyclic) bond motifs is 3. The van der Waals surface area contributed by atoms with Gasteiger partial charge in [-0.2, -0.15) is 5.10 Å². The monoisotopic (exact) mass is 429 g/mol. The molecule has 0 amide bonds. The predicted octanol–water partition coefficient (Wildman–Crippen LogP) is 2.78. The van der Waals surface area contributed by atoms with E-state index in [1.165, 1.54) is 19.4 Å². The highest BCUT2D eigenvalue weighted by molar-refractivity contribution is 5.60. The highest BCUT2D eigenvalue weighted by Crippen LogP contribution is 2.37. The van der Waals surface area contributed by atoms with E-state index >= 15 is 0 Å². The molecule has 0 saturated carbocycles. The molecule has 0 aliphatic carbocycles. The molecule has 0 N–H and O–H groups in total. The van der Waals surface area contributed by atoms with Crippen LogP contribution >= 0.6 is 0 Å². The fourth-order valence-corrected chi connectivity index (χ4v) is 5.48. The van der Waals surface area contributed by atoms with Gasteiger partial charge < -0.3 is 4.90 Å². The van der Waals surface area contributed by atoms with Gasteiger partial charge in [-0.15, -0.1) is 0 Å². The molecule has 164 valence electrons. The van der Waals surface area contributed by atoms with Crippen LogP contribution in [0.4, 0.5) is 5.69 Å². The van der Waals surface area contributed by atoms with Gasteiger partial charge in [0.15, 0.2) is 5.65 Å². The van der Waals surface area contributed by atoms with Crippen LogP contribution in [0.25, 0.3) is 22.7 Å². The molecule has 2 saturated heterocycles. The first-order valence-corrected chi connectivity index (χ1v) is 11.4. The molecule has 2 aliphatic heterocycles. The molecular formula is C24H27N7O. The van der Waals surface area contributed by atoms with E-state index in [0.29, 0.717) is 17.0 Å². The van der Waals surface area contributed by atoms with E-state index in [0.717, 1.165) is 43.1 Å². The molecule has 0 radical (unpaired) electrons. The summed E-state index contributed by atoms with van der Waals surface area (Å²) in [7, 11) is 0. The summed E-state index contributed by atoms with van der Waals surface area (Å²) in [6.45, 7) is 8.53. The molecule has 32 heavy (non-hydrogen) atoms. The van der Waals surface area contributed by atoms with Gasteiger partial charge in [0.1, 0.15) is 11.3 Å². The van der Waals surface area contributed by atoms with Gasteiger partial charge >= 0.3 is 0 Å². The van der Waals surface area contributed by atoms with Crippen molar-refractivity contribution in [2.75, 3.05) is 31.1 Å². The molecule has 0 aromatic carbocycles. The van der Waals surface area contributed by atoms with E-state index in [9.17, 15) is 4.79 Å². The molecule has 0 spiro atoms. The second-order valence-corrected chi connectivity index (χ2v) is 9.09. The van der Waals surface area contributed by atoms with Crippen molar-refractivity contribution in [3.8, 4) is 11.4 Å². The van der Waals surface area contributed by atoms with Crippen molar-refractivity contribution < 1.29 is 0 Å². The minimum atomic E-state index is -0.0970. The largest absolute Gasteiger partial charge is 0.367 e. The van der Waals surface area contributed by atoms with Crippen molar-refractivity contribution in [2.45, 2.75) is 38.6 Å². The standard InChI is InChI=1S/C24H27N7O/c1-3-24-9-4-10-29(24)12-11-28(16-24)18-5-7-21-26-20(13-23(32)30(21)15-18)19-6-8-22-25-17(2)14-31(22)27-19/h5-8,13-15H,3-4,9-12,16H2,1-2H3/t24-/m1/s1. The van der Waals surface area contributed by atoms with Crippen molar-refractivity contribution in [2.24, 2.45) is 0 Å². The molecule has 2 aliphatic rings. The van der Waals surface area contributed by atoms with Gasteiger partial charge in [-0.25, -0.2) is 14.5 Å². The van der Waals surface area contributed by atoms with Crippen LogP contribution < -0.4 is 10.5 Å². The van der Waals surface area contributed by atoms with Gasteiger partial charge in [0.2, 0.25) is 0 Å². The summed E-state index contributed by atoms with van der Waals surface area (Å²) in [5.74, 6) is 0. The van der Waals surface area contributed by atoms with Crippen molar-refractivity contribution in [3.63, 3.8) is 0 Å². The van der Waals surface area contributed by atoms with Gasteiger partial charge in [0.25, 0.3) is 5.56 Å². The molecule has 6 heterocycles. The average molecular weight is 430 g/mol. The van der Waals surface area contributed by atoms with E-state index in [1.54, 1.807) is 15.0 Å². The van der Waals surface area contributed by atoms with Crippen molar-refractivity contribution in [3.05, 3.63) is 58.8 Å². The number of nitrogens with zero attached hydrogens (tertiary/aromatic N) is 7. The lowest BCUT2D eigenvalue weighted by molar-refractivity contribution is 0.116. The Morgan fingerprint density at radius 3 is 2.75 bits per heavy atom. The Labute approximate surface area is 186 Å². The molecule has 6 rings (SSSR count). The van der Waals surface area contributed by atoms with Crippen molar-refractivity contribution >= 4 is 17.0 Å². The van der Waals surface area contributed by atoms with E-state index in [1.807, 2.05) is 37.5 Å². The zero-order valence-corrected chi connectivity index (χ0v) is 18.5. The predicted molar refractivity (Wildman–Crippen MR) is 124 cm³/mol. The van der Waals surface area contributed by atoms with Gasteiger partial charge in [0.05, 0.1) is 23.3 Å². The normalized spacial score (nSPS) is 21.5. The summed E-state index contributed by atoms with van der Waals surface area (Å²) in [4.78, 5) is 27.3. The molecule has 4 aromatic rings. The number of anilines is 1. The number of rotatable bonds is 3. The lowest BCUT2D eigenvalue weighted by Crippen LogP contribution is -2.59. The maximum atomic E-state index is 13.0.